The van der Waals surface area contributed by atoms with E-state index in [4.69, 9.17) is 0 Å². The third kappa shape index (κ3) is 8.07. The lowest BCUT2D eigenvalue weighted by Crippen LogP contribution is -2.53. The van der Waals surface area contributed by atoms with Gasteiger partial charge in [-0.25, -0.2) is 9.18 Å². The zero-order chi connectivity index (χ0) is 22.3. The summed E-state index contributed by atoms with van der Waals surface area (Å²) in [5, 5.41) is 0. The minimum Gasteiger partial charge on any atom is -0.312 e. The van der Waals surface area contributed by atoms with Crippen molar-refractivity contribution in [2.45, 2.75) is 60.4 Å². The van der Waals surface area contributed by atoms with E-state index < -0.39 is 5.54 Å². The van der Waals surface area contributed by atoms with Crippen LogP contribution in [0.1, 0.15) is 54.0 Å². The smallest absolute Gasteiger partial charge is 0.312 e. The maximum Gasteiger partial charge on any atom is 0.325 e. The van der Waals surface area contributed by atoms with Gasteiger partial charge in [-0.2, -0.15) is 0 Å². The summed E-state index contributed by atoms with van der Waals surface area (Å²) < 4.78 is 13.8. The Bertz CT molecular complexity index is 639. The van der Waals surface area contributed by atoms with Crippen LogP contribution in [0.3, 0.4) is 0 Å². The molecule has 5 heteroatoms. The van der Waals surface area contributed by atoms with E-state index in [0.717, 1.165) is 6.29 Å². The predicted molar refractivity (Wildman–Crippen MR) is 117 cm³/mol. The average Bonchev–Trinajstić information content (AvgIpc) is 2.73. The Labute approximate surface area is 170 Å². The summed E-state index contributed by atoms with van der Waals surface area (Å²) in [6.45, 7) is 17.0. The highest BCUT2D eigenvalue weighted by Gasteiger charge is 2.32. The van der Waals surface area contributed by atoms with Crippen LogP contribution in [-0.2, 0) is 11.2 Å². The molecule has 0 spiro atoms. The number of carbonyl (C=O) groups excluding carboxylic acids is 2. The van der Waals surface area contributed by atoms with Crippen LogP contribution in [0.25, 0.3) is 0 Å². The number of halogens is 1. The van der Waals surface area contributed by atoms with Gasteiger partial charge in [0.05, 0.1) is 5.54 Å². The number of carbonyl (C=O) groups is 2. The highest BCUT2D eigenvalue weighted by Crippen LogP contribution is 2.18. The van der Waals surface area contributed by atoms with Gasteiger partial charge in [0.1, 0.15) is 12.1 Å². The average molecular weight is 393 g/mol. The molecule has 0 aliphatic rings. The number of aldehydes is 1. The van der Waals surface area contributed by atoms with Crippen LogP contribution in [-0.4, -0.2) is 41.2 Å². The van der Waals surface area contributed by atoms with E-state index in [1.807, 2.05) is 27.7 Å². The van der Waals surface area contributed by atoms with Gasteiger partial charge < -0.3 is 9.69 Å². The van der Waals surface area contributed by atoms with Gasteiger partial charge >= 0.3 is 6.03 Å². The molecule has 0 aliphatic heterocycles. The first-order valence-electron chi connectivity index (χ1n) is 9.82. The van der Waals surface area contributed by atoms with Crippen LogP contribution in [0.2, 0.25) is 0 Å². The number of rotatable bonds is 7. The molecule has 28 heavy (non-hydrogen) atoms. The van der Waals surface area contributed by atoms with Gasteiger partial charge in [0.15, 0.2) is 0 Å². The molecular formula is C23H37FN2O2. The Balaban J connectivity index is 0. The molecule has 1 aromatic carbocycles. The second-order valence-electron chi connectivity index (χ2n) is 6.02. The molecule has 0 N–H and O–H groups in total. The standard InChI is InChI=1S/C19H25FN2O2.2C2H6/c1-6-16(7-2)21(5)18(24)22(19(3,4)14-23)13-12-15-10-8-9-11-17(15)20;2*1-2/h6-11,14H,1,12-13H2,2-5H3;2*1-2H3/b16-7+;;. The second-order valence-corrected chi connectivity index (χ2v) is 6.02. The summed E-state index contributed by atoms with van der Waals surface area (Å²) in [6.07, 6.45) is 4.38. The van der Waals surface area contributed by atoms with Gasteiger partial charge in [0.2, 0.25) is 0 Å². The molecule has 158 valence electrons. The lowest BCUT2D eigenvalue weighted by Gasteiger charge is -2.37. The monoisotopic (exact) mass is 392 g/mol. The lowest BCUT2D eigenvalue weighted by atomic mass is 10.0. The summed E-state index contributed by atoms with van der Waals surface area (Å²) in [7, 11) is 1.62. The minimum absolute atomic E-state index is 0.226. The number of hydrogen-bond acceptors (Lipinski definition) is 2. The second kappa shape index (κ2) is 14.6. The third-order valence-electron chi connectivity index (χ3n) is 3.96. The minimum atomic E-state index is -1.00. The number of hydrogen-bond donors (Lipinski definition) is 0. The first-order chi connectivity index (χ1) is 13.3. The number of allylic oxidation sites excluding steroid dienone is 2. The molecule has 1 rings (SSSR count). The van der Waals surface area contributed by atoms with Crippen molar-refractivity contribution in [3.63, 3.8) is 0 Å². The van der Waals surface area contributed by atoms with E-state index in [0.29, 0.717) is 17.7 Å². The van der Waals surface area contributed by atoms with Crippen molar-refractivity contribution in [1.29, 1.82) is 0 Å². The Morgan fingerprint density at radius 3 is 2.14 bits per heavy atom. The normalized spacial score (nSPS) is 10.5. The molecule has 4 nitrogen and oxygen atoms in total. The van der Waals surface area contributed by atoms with E-state index in [1.54, 1.807) is 58.2 Å². The van der Waals surface area contributed by atoms with E-state index in [2.05, 4.69) is 6.58 Å². The summed E-state index contributed by atoms with van der Waals surface area (Å²) in [5.74, 6) is -0.317. The fourth-order valence-electron chi connectivity index (χ4n) is 2.37. The van der Waals surface area contributed by atoms with Crippen LogP contribution in [0.4, 0.5) is 9.18 Å². The highest BCUT2D eigenvalue weighted by atomic mass is 19.1. The van der Waals surface area contributed by atoms with Crippen molar-refractivity contribution in [1.82, 2.24) is 9.80 Å². The first-order valence-corrected chi connectivity index (χ1v) is 9.82. The largest absolute Gasteiger partial charge is 0.325 e. The quantitative estimate of drug-likeness (QED) is 0.432. The third-order valence-corrected chi connectivity index (χ3v) is 3.96. The van der Waals surface area contributed by atoms with Crippen LogP contribution in [0.15, 0.2) is 48.7 Å². The molecule has 0 atom stereocenters. The van der Waals surface area contributed by atoms with Crippen LogP contribution < -0.4 is 0 Å². The van der Waals surface area contributed by atoms with Crippen LogP contribution in [0.5, 0.6) is 0 Å². The van der Waals surface area contributed by atoms with E-state index in [9.17, 15) is 14.0 Å². The first kappa shape index (κ1) is 27.8. The lowest BCUT2D eigenvalue weighted by molar-refractivity contribution is -0.115. The summed E-state index contributed by atoms with van der Waals surface area (Å²) in [5.41, 5.74) is 0.142. The van der Waals surface area contributed by atoms with E-state index in [1.165, 1.54) is 15.9 Å². The van der Waals surface area contributed by atoms with Crippen molar-refractivity contribution in [3.8, 4) is 0 Å². The van der Waals surface area contributed by atoms with Crippen LogP contribution >= 0.6 is 0 Å². The Morgan fingerprint density at radius 1 is 1.18 bits per heavy atom. The molecule has 1 aromatic rings. The Hall–Kier alpha value is -2.43. The molecule has 0 bridgehead atoms. The molecule has 0 saturated carbocycles. The highest BCUT2D eigenvalue weighted by molar-refractivity contribution is 5.81. The summed E-state index contributed by atoms with van der Waals surface area (Å²) >= 11 is 0. The van der Waals surface area contributed by atoms with Crippen molar-refractivity contribution < 1.29 is 14.0 Å². The van der Waals surface area contributed by atoms with Gasteiger partial charge in [-0.05, 0) is 44.9 Å². The van der Waals surface area contributed by atoms with Crippen molar-refractivity contribution in [2.75, 3.05) is 13.6 Å². The molecule has 0 fully saturated rings. The maximum atomic E-state index is 13.8. The predicted octanol–water partition coefficient (Wildman–Crippen LogP) is 5.84. The number of likely N-dealkylation sites (N-methyl/N-ethyl adjacent to an activating group) is 1. The molecular weight excluding hydrogens is 355 g/mol. The van der Waals surface area contributed by atoms with E-state index >= 15 is 0 Å². The zero-order valence-electron chi connectivity index (χ0n) is 18.8. The molecule has 0 aromatic heterocycles. The number of nitrogens with zero attached hydrogens (tertiary/aromatic N) is 2. The van der Waals surface area contributed by atoms with Gasteiger partial charge in [0.25, 0.3) is 0 Å². The molecule has 2 amide bonds. The van der Waals surface area contributed by atoms with Gasteiger partial charge in [-0.15, -0.1) is 0 Å². The molecule has 0 heterocycles. The topological polar surface area (TPSA) is 40.6 Å². The van der Waals surface area contributed by atoms with E-state index in [-0.39, 0.29) is 18.4 Å². The van der Waals surface area contributed by atoms with Gasteiger partial charge in [-0.3, -0.25) is 4.90 Å². The SMILES string of the molecule is C=C/C(=C\C)N(C)C(=O)N(CCc1ccccc1F)C(C)(C)C=O.CC.CC. The molecule has 0 saturated heterocycles. The summed E-state index contributed by atoms with van der Waals surface area (Å²) in [4.78, 5) is 27.2. The maximum absolute atomic E-state index is 13.8. The zero-order valence-corrected chi connectivity index (χ0v) is 18.8. The molecule has 0 aliphatic carbocycles. The van der Waals surface area contributed by atoms with Crippen molar-refractivity contribution in [2.24, 2.45) is 0 Å². The fourth-order valence-corrected chi connectivity index (χ4v) is 2.37. The number of benzene rings is 1. The van der Waals surface area contributed by atoms with Gasteiger partial charge in [-0.1, -0.05) is 58.5 Å². The molecule has 0 radical (unpaired) electrons. The fraction of sp³-hybridized carbons (Fsp3) is 0.478. The Kier molecular flexibility index (Phi) is 14.5. The number of amides is 2. The number of urea groups is 1. The molecule has 0 unspecified atom stereocenters. The van der Waals surface area contributed by atoms with Crippen LogP contribution in [0, 0.1) is 5.82 Å². The Morgan fingerprint density at radius 2 is 1.71 bits per heavy atom. The van der Waals surface area contributed by atoms with Crippen molar-refractivity contribution in [3.05, 3.63) is 60.1 Å². The summed E-state index contributed by atoms with van der Waals surface area (Å²) in [6, 6.07) is 6.09. The van der Waals surface area contributed by atoms with Crippen molar-refractivity contribution >= 4 is 12.3 Å². The van der Waals surface area contributed by atoms with Gasteiger partial charge in [0, 0.05) is 19.3 Å².